The summed E-state index contributed by atoms with van der Waals surface area (Å²) in [7, 11) is 0. The summed E-state index contributed by atoms with van der Waals surface area (Å²) in [6.45, 7) is 1.61. The summed E-state index contributed by atoms with van der Waals surface area (Å²) in [5, 5.41) is -0.0690. The lowest BCUT2D eigenvalue weighted by Gasteiger charge is -2.39. The van der Waals surface area contributed by atoms with Gasteiger partial charge in [-0.15, -0.1) is 0 Å². The van der Waals surface area contributed by atoms with Crippen LogP contribution in [0.4, 0.5) is 5.82 Å². The standard InChI is InChI=1S/C40H33ClN6O4/c1-2-51-35(48)27-45(36-28(24-43-39(41)44-36)25-46-37(49)32-20-12-13-21-33(32)38(46)50)26-34-42-22-23-47(34)40(29-14-6-3-7-15-29,30-16-8-4-9-17-30)31-18-10-5-11-19-31/h3-24H,2,25-27H2,1H3. The predicted molar refractivity (Wildman–Crippen MR) is 192 cm³/mol. The van der Waals surface area contributed by atoms with E-state index in [-0.39, 0.29) is 37.3 Å². The van der Waals surface area contributed by atoms with E-state index >= 15 is 0 Å². The second kappa shape index (κ2) is 14.4. The number of nitrogens with zero attached hydrogens (tertiary/aromatic N) is 6. The molecule has 1 aliphatic heterocycles. The van der Waals surface area contributed by atoms with E-state index in [9.17, 15) is 14.4 Å². The highest BCUT2D eigenvalue weighted by Gasteiger charge is 2.40. The molecule has 0 radical (unpaired) electrons. The number of hydrogen-bond acceptors (Lipinski definition) is 8. The SMILES string of the molecule is CCOC(=O)CN(Cc1nccn1C(c1ccccc1)(c1ccccc1)c1ccccc1)c1nc(Cl)ncc1CN1C(=O)c2ccccc2C1=O. The van der Waals surface area contributed by atoms with Gasteiger partial charge in [0.05, 0.1) is 30.8 Å². The van der Waals surface area contributed by atoms with E-state index in [2.05, 4.69) is 50.9 Å². The Bertz CT molecular complexity index is 2060. The first kappa shape index (κ1) is 33.4. The number of hydrogen-bond donors (Lipinski definition) is 0. The summed E-state index contributed by atoms with van der Waals surface area (Å²) in [6.07, 6.45) is 5.13. The lowest BCUT2D eigenvalue weighted by Crippen LogP contribution is -2.41. The lowest BCUT2D eigenvalue weighted by molar-refractivity contribution is -0.141. The zero-order valence-electron chi connectivity index (χ0n) is 27.7. The van der Waals surface area contributed by atoms with Crippen LogP contribution in [0.5, 0.6) is 0 Å². The highest BCUT2D eigenvalue weighted by atomic mass is 35.5. The van der Waals surface area contributed by atoms with E-state index in [1.807, 2.05) is 60.8 Å². The summed E-state index contributed by atoms with van der Waals surface area (Å²) in [4.78, 5) is 56.4. The average Bonchev–Trinajstić information content (AvgIpc) is 3.72. The number of amides is 2. The number of aromatic nitrogens is 4. The van der Waals surface area contributed by atoms with Gasteiger partial charge in [-0.1, -0.05) is 103 Å². The minimum absolute atomic E-state index is 0.0690. The Morgan fingerprint density at radius 3 is 1.84 bits per heavy atom. The molecule has 0 saturated carbocycles. The van der Waals surface area contributed by atoms with E-state index in [0.29, 0.717) is 22.5 Å². The molecule has 0 N–H and O–H groups in total. The van der Waals surface area contributed by atoms with Crippen LogP contribution in [0.15, 0.2) is 134 Å². The molecule has 0 saturated heterocycles. The van der Waals surface area contributed by atoms with Crippen LogP contribution in [0.3, 0.4) is 0 Å². The molecule has 0 unspecified atom stereocenters. The minimum atomic E-state index is -0.877. The summed E-state index contributed by atoms with van der Waals surface area (Å²) < 4.78 is 7.50. The van der Waals surface area contributed by atoms with E-state index in [1.165, 1.54) is 6.20 Å². The molecule has 6 aromatic rings. The fourth-order valence-corrected chi connectivity index (χ4v) is 6.90. The second-order valence-corrected chi connectivity index (χ2v) is 12.3. The Morgan fingerprint density at radius 2 is 1.31 bits per heavy atom. The van der Waals surface area contributed by atoms with Gasteiger partial charge < -0.3 is 14.2 Å². The van der Waals surface area contributed by atoms with E-state index in [4.69, 9.17) is 21.3 Å². The third kappa shape index (κ3) is 6.26. The molecule has 0 fully saturated rings. The molecule has 51 heavy (non-hydrogen) atoms. The van der Waals surface area contributed by atoms with Gasteiger partial charge in [0.15, 0.2) is 0 Å². The average molecular weight is 697 g/mol. The van der Waals surface area contributed by atoms with Crippen molar-refractivity contribution in [1.29, 1.82) is 0 Å². The van der Waals surface area contributed by atoms with Crippen LogP contribution in [-0.2, 0) is 28.2 Å². The molecule has 10 nitrogen and oxygen atoms in total. The number of carbonyl (C=O) groups is 3. The number of imide groups is 1. The number of anilines is 1. The third-order valence-corrected chi connectivity index (χ3v) is 9.11. The number of imidazole rings is 1. The van der Waals surface area contributed by atoms with Gasteiger partial charge in [0, 0.05) is 24.2 Å². The van der Waals surface area contributed by atoms with Gasteiger partial charge in [-0.25, -0.2) is 15.0 Å². The number of rotatable bonds is 12. The second-order valence-electron chi connectivity index (χ2n) is 11.9. The Kier molecular flexibility index (Phi) is 9.41. The Morgan fingerprint density at radius 1 is 0.784 bits per heavy atom. The molecule has 2 aromatic heterocycles. The molecule has 7 rings (SSSR count). The highest BCUT2D eigenvalue weighted by molar-refractivity contribution is 6.28. The van der Waals surface area contributed by atoms with Crippen LogP contribution in [0.1, 0.15) is 55.7 Å². The zero-order chi connectivity index (χ0) is 35.4. The van der Waals surface area contributed by atoms with Crippen LogP contribution < -0.4 is 4.90 Å². The van der Waals surface area contributed by atoms with Crippen molar-refractivity contribution in [3.05, 3.63) is 178 Å². The smallest absolute Gasteiger partial charge is 0.325 e. The van der Waals surface area contributed by atoms with Crippen molar-refractivity contribution in [3.8, 4) is 0 Å². The van der Waals surface area contributed by atoms with Gasteiger partial charge in [0.25, 0.3) is 11.8 Å². The molecule has 0 bridgehead atoms. The van der Waals surface area contributed by atoms with Crippen molar-refractivity contribution in [3.63, 3.8) is 0 Å². The van der Waals surface area contributed by atoms with Gasteiger partial charge in [0.1, 0.15) is 23.7 Å². The van der Waals surface area contributed by atoms with Gasteiger partial charge in [0.2, 0.25) is 5.28 Å². The predicted octanol–water partition coefficient (Wildman–Crippen LogP) is 6.53. The van der Waals surface area contributed by atoms with E-state index < -0.39 is 23.3 Å². The molecule has 2 amide bonds. The molecule has 0 spiro atoms. The van der Waals surface area contributed by atoms with Crippen molar-refractivity contribution < 1.29 is 19.1 Å². The van der Waals surface area contributed by atoms with Crippen LogP contribution in [0, 0.1) is 0 Å². The molecular formula is C40H33ClN6O4. The van der Waals surface area contributed by atoms with Gasteiger partial charge >= 0.3 is 5.97 Å². The molecule has 4 aromatic carbocycles. The molecular weight excluding hydrogens is 664 g/mol. The number of halogens is 1. The summed E-state index contributed by atoms with van der Waals surface area (Å²) in [5.41, 5.74) is 3.17. The lowest BCUT2D eigenvalue weighted by atomic mass is 9.76. The zero-order valence-corrected chi connectivity index (χ0v) is 28.5. The molecule has 3 heterocycles. The van der Waals surface area contributed by atoms with E-state index in [0.717, 1.165) is 21.6 Å². The summed E-state index contributed by atoms with van der Waals surface area (Å²) in [5.74, 6) is -0.502. The first-order valence-electron chi connectivity index (χ1n) is 16.5. The number of fused-ring (bicyclic) bond motifs is 1. The van der Waals surface area contributed by atoms with Crippen LogP contribution >= 0.6 is 11.6 Å². The van der Waals surface area contributed by atoms with Crippen molar-refractivity contribution >= 4 is 35.2 Å². The molecule has 11 heteroatoms. The molecule has 0 aliphatic carbocycles. The summed E-state index contributed by atoms with van der Waals surface area (Å²) in [6, 6.07) is 37.2. The van der Waals surface area contributed by atoms with Gasteiger partial charge in [-0.3, -0.25) is 19.3 Å². The first-order valence-corrected chi connectivity index (χ1v) is 16.9. The number of carbonyl (C=O) groups excluding carboxylic acids is 3. The first-order chi connectivity index (χ1) is 24.9. The highest BCUT2D eigenvalue weighted by Crippen LogP contribution is 2.42. The van der Waals surface area contributed by atoms with Crippen LogP contribution in [-0.4, -0.2) is 55.4 Å². The maximum absolute atomic E-state index is 13.4. The van der Waals surface area contributed by atoms with Gasteiger partial charge in [-0.2, -0.15) is 0 Å². The van der Waals surface area contributed by atoms with Crippen molar-refractivity contribution in [2.75, 3.05) is 18.1 Å². The van der Waals surface area contributed by atoms with Gasteiger partial charge in [-0.05, 0) is 47.3 Å². The molecule has 1 aliphatic rings. The third-order valence-electron chi connectivity index (χ3n) is 8.93. The molecule has 0 atom stereocenters. The fourth-order valence-electron chi connectivity index (χ4n) is 6.77. The van der Waals surface area contributed by atoms with Crippen molar-refractivity contribution in [2.24, 2.45) is 0 Å². The monoisotopic (exact) mass is 696 g/mol. The van der Waals surface area contributed by atoms with Crippen LogP contribution in [0.2, 0.25) is 5.28 Å². The Balaban J connectivity index is 1.36. The number of benzene rings is 4. The quantitative estimate of drug-likeness (QED) is 0.0615. The topological polar surface area (TPSA) is 111 Å². The Hall–Kier alpha value is -6.13. The normalized spacial score (nSPS) is 12.5. The van der Waals surface area contributed by atoms with Crippen molar-refractivity contribution in [1.82, 2.24) is 24.4 Å². The molecule has 254 valence electrons. The number of esters is 1. The Labute approximate surface area is 299 Å². The largest absolute Gasteiger partial charge is 0.465 e. The minimum Gasteiger partial charge on any atom is -0.465 e. The van der Waals surface area contributed by atoms with Crippen LogP contribution in [0.25, 0.3) is 0 Å². The van der Waals surface area contributed by atoms with E-state index in [1.54, 1.807) is 42.3 Å². The van der Waals surface area contributed by atoms with Crippen molar-refractivity contribution in [2.45, 2.75) is 25.6 Å². The summed E-state index contributed by atoms with van der Waals surface area (Å²) >= 11 is 6.40. The number of ether oxygens (including phenoxy) is 1. The fraction of sp³-hybridized carbons (Fsp3) is 0.150. The maximum Gasteiger partial charge on any atom is 0.325 e. The maximum atomic E-state index is 13.4.